The van der Waals surface area contributed by atoms with Gasteiger partial charge in [0.25, 0.3) is 5.91 Å². The first-order valence-electron chi connectivity index (χ1n) is 9.73. The van der Waals surface area contributed by atoms with Crippen LogP contribution in [0.25, 0.3) is 0 Å². The van der Waals surface area contributed by atoms with Gasteiger partial charge >= 0.3 is 5.97 Å². The highest BCUT2D eigenvalue weighted by atomic mass is 35.5. The summed E-state index contributed by atoms with van der Waals surface area (Å²) < 4.78 is 5.40. The van der Waals surface area contributed by atoms with Crippen molar-refractivity contribution in [2.75, 3.05) is 19.7 Å². The van der Waals surface area contributed by atoms with Crippen LogP contribution in [0.1, 0.15) is 46.0 Å². The predicted molar refractivity (Wildman–Crippen MR) is 111 cm³/mol. The lowest BCUT2D eigenvalue weighted by Gasteiger charge is -2.41. The van der Waals surface area contributed by atoms with Crippen molar-refractivity contribution in [1.82, 2.24) is 4.90 Å². The van der Waals surface area contributed by atoms with Gasteiger partial charge in [0.15, 0.2) is 0 Å². The van der Waals surface area contributed by atoms with E-state index in [4.69, 9.17) is 16.3 Å². The number of amides is 1. The fourth-order valence-corrected chi connectivity index (χ4v) is 4.11. The minimum absolute atomic E-state index is 0.151. The highest BCUT2D eigenvalue weighted by molar-refractivity contribution is 6.30. The first-order chi connectivity index (χ1) is 14.0. The fourth-order valence-electron chi connectivity index (χ4n) is 3.90. The molecule has 152 valence electrons. The second kappa shape index (κ2) is 9.23. The van der Waals surface area contributed by atoms with Gasteiger partial charge in [-0.2, -0.15) is 0 Å². The standard InChI is InChI=1S/C23H24ClNO4/c1-2-29-22(28)23(14-18-5-3-6-20(24)13-18)11-4-12-25(16-23)21(27)19-9-7-17(15-26)8-10-19/h3,5-10,13,15H,2,4,11-12,14,16H2,1H3/t23-/m0/s1. The molecular formula is C23H24ClNO4. The maximum atomic E-state index is 13.0. The molecule has 1 heterocycles. The number of carbonyl (C=O) groups is 3. The third-order valence-corrected chi connectivity index (χ3v) is 5.53. The average Bonchev–Trinajstić information content (AvgIpc) is 2.73. The van der Waals surface area contributed by atoms with Crippen molar-refractivity contribution in [3.8, 4) is 0 Å². The third kappa shape index (κ3) is 4.85. The molecule has 5 nitrogen and oxygen atoms in total. The Morgan fingerprint density at radius 1 is 1.21 bits per heavy atom. The molecule has 0 bridgehead atoms. The Bertz CT molecular complexity index is 896. The van der Waals surface area contributed by atoms with Gasteiger partial charge in [0, 0.05) is 29.2 Å². The lowest BCUT2D eigenvalue weighted by Crippen LogP contribution is -2.51. The summed E-state index contributed by atoms with van der Waals surface area (Å²) in [6.45, 7) is 2.93. The number of esters is 1. The van der Waals surface area contributed by atoms with Crippen LogP contribution in [0, 0.1) is 5.41 Å². The van der Waals surface area contributed by atoms with Gasteiger partial charge in [-0.1, -0.05) is 35.9 Å². The van der Waals surface area contributed by atoms with E-state index in [0.29, 0.717) is 42.0 Å². The van der Waals surface area contributed by atoms with Crippen molar-refractivity contribution in [1.29, 1.82) is 0 Å². The van der Waals surface area contributed by atoms with Crippen LogP contribution in [-0.2, 0) is 16.0 Å². The van der Waals surface area contributed by atoms with E-state index in [0.717, 1.165) is 11.8 Å². The second-order valence-corrected chi connectivity index (χ2v) is 7.81. The van der Waals surface area contributed by atoms with Crippen molar-refractivity contribution in [3.63, 3.8) is 0 Å². The van der Waals surface area contributed by atoms with E-state index in [1.807, 2.05) is 18.2 Å². The molecule has 0 unspecified atom stereocenters. The summed E-state index contributed by atoms with van der Waals surface area (Å²) in [6.07, 6.45) is 2.55. The molecule has 0 radical (unpaired) electrons. The molecule has 1 atom stereocenters. The van der Waals surface area contributed by atoms with Crippen molar-refractivity contribution < 1.29 is 19.1 Å². The number of hydrogen-bond donors (Lipinski definition) is 0. The zero-order valence-corrected chi connectivity index (χ0v) is 17.2. The number of piperidine rings is 1. The Morgan fingerprint density at radius 3 is 2.62 bits per heavy atom. The Balaban J connectivity index is 1.86. The zero-order chi connectivity index (χ0) is 20.9. The van der Waals surface area contributed by atoms with Crippen LogP contribution in [0.3, 0.4) is 0 Å². The quantitative estimate of drug-likeness (QED) is 0.526. The Kier molecular flexibility index (Phi) is 6.70. The fraction of sp³-hybridized carbons (Fsp3) is 0.348. The molecule has 1 aliphatic heterocycles. The molecule has 1 aliphatic rings. The topological polar surface area (TPSA) is 63.7 Å². The van der Waals surface area contributed by atoms with Gasteiger partial charge < -0.3 is 9.64 Å². The van der Waals surface area contributed by atoms with E-state index >= 15 is 0 Å². The van der Waals surface area contributed by atoms with E-state index in [9.17, 15) is 14.4 Å². The van der Waals surface area contributed by atoms with Crippen molar-refractivity contribution in [2.24, 2.45) is 5.41 Å². The Labute approximate surface area is 175 Å². The molecule has 3 rings (SSSR count). The molecule has 2 aromatic rings. The minimum atomic E-state index is -0.808. The maximum absolute atomic E-state index is 13.0. The highest BCUT2D eigenvalue weighted by Gasteiger charge is 2.45. The Morgan fingerprint density at radius 2 is 1.97 bits per heavy atom. The number of halogens is 1. The summed E-state index contributed by atoms with van der Waals surface area (Å²) in [5, 5.41) is 0.612. The highest BCUT2D eigenvalue weighted by Crippen LogP contribution is 2.36. The van der Waals surface area contributed by atoms with E-state index in [2.05, 4.69) is 0 Å². The largest absolute Gasteiger partial charge is 0.466 e. The average molecular weight is 414 g/mol. The molecule has 1 fully saturated rings. The molecule has 1 saturated heterocycles. The monoisotopic (exact) mass is 413 g/mol. The number of carbonyl (C=O) groups excluding carboxylic acids is 3. The molecule has 29 heavy (non-hydrogen) atoms. The first kappa shape index (κ1) is 21.1. The third-order valence-electron chi connectivity index (χ3n) is 5.30. The van der Waals surface area contributed by atoms with Crippen molar-refractivity contribution in [3.05, 3.63) is 70.2 Å². The number of aldehydes is 1. The number of hydrogen-bond acceptors (Lipinski definition) is 4. The second-order valence-electron chi connectivity index (χ2n) is 7.38. The van der Waals surface area contributed by atoms with Crippen molar-refractivity contribution in [2.45, 2.75) is 26.2 Å². The smallest absolute Gasteiger partial charge is 0.314 e. The summed E-state index contributed by atoms with van der Waals surface area (Å²) in [7, 11) is 0. The summed E-state index contributed by atoms with van der Waals surface area (Å²) in [5.41, 5.74) is 1.15. The number of ether oxygens (including phenoxy) is 1. The van der Waals surface area contributed by atoms with Gasteiger partial charge in [-0.15, -0.1) is 0 Å². The lowest BCUT2D eigenvalue weighted by atomic mass is 9.75. The summed E-state index contributed by atoms with van der Waals surface area (Å²) in [6, 6.07) is 14.0. The summed E-state index contributed by atoms with van der Waals surface area (Å²) in [5.74, 6) is -0.435. The molecule has 1 amide bonds. The number of benzene rings is 2. The number of nitrogens with zero attached hydrogens (tertiary/aromatic N) is 1. The van der Waals surface area contributed by atoms with Gasteiger partial charge in [-0.3, -0.25) is 14.4 Å². The lowest BCUT2D eigenvalue weighted by molar-refractivity contribution is -0.158. The maximum Gasteiger partial charge on any atom is 0.314 e. The molecule has 0 aliphatic carbocycles. The van der Waals surface area contributed by atoms with Crippen molar-refractivity contribution >= 4 is 29.8 Å². The van der Waals surface area contributed by atoms with E-state index in [1.165, 1.54) is 0 Å². The minimum Gasteiger partial charge on any atom is -0.466 e. The normalized spacial score (nSPS) is 18.9. The van der Waals surface area contributed by atoms with Gasteiger partial charge in [-0.05, 0) is 56.0 Å². The van der Waals surface area contributed by atoms with Crippen LogP contribution in [0.4, 0.5) is 0 Å². The van der Waals surface area contributed by atoms with Crippen LogP contribution in [-0.4, -0.2) is 42.8 Å². The first-order valence-corrected chi connectivity index (χ1v) is 10.1. The van der Waals surface area contributed by atoms with E-state index < -0.39 is 5.41 Å². The van der Waals surface area contributed by atoms with Gasteiger partial charge in [0.05, 0.1) is 12.0 Å². The van der Waals surface area contributed by atoms with Crippen LogP contribution < -0.4 is 0 Å². The molecule has 0 saturated carbocycles. The summed E-state index contributed by atoms with van der Waals surface area (Å²) in [4.78, 5) is 38.6. The molecule has 0 aromatic heterocycles. The Hall–Kier alpha value is -2.66. The van der Waals surface area contributed by atoms with Crippen LogP contribution in [0.2, 0.25) is 5.02 Å². The van der Waals surface area contributed by atoms with Crippen LogP contribution in [0.15, 0.2) is 48.5 Å². The number of likely N-dealkylation sites (tertiary alicyclic amines) is 1. The zero-order valence-electron chi connectivity index (χ0n) is 16.4. The molecule has 2 aromatic carbocycles. The molecule has 6 heteroatoms. The predicted octanol–water partition coefficient (Wildman–Crippen LogP) is 4.18. The summed E-state index contributed by atoms with van der Waals surface area (Å²) >= 11 is 6.13. The number of rotatable bonds is 6. The molecule has 0 spiro atoms. The van der Waals surface area contributed by atoms with Crippen LogP contribution in [0.5, 0.6) is 0 Å². The SMILES string of the molecule is CCOC(=O)[C@]1(Cc2cccc(Cl)c2)CCCN(C(=O)c2ccc(C=O)cc2)C1. The van der Waals surface area contributed by atoms with E-state index in [1.54, 1.807) is 42.2 Å². The van der Waals surface area contributed by atoms with E-state index in [-0.39, 0.29) is 25.0 Å². The molecular weight excluding hydrogens is 390 g/mol. The van der Waals surface area contributed by atoms with Gasteiger partial charge in [0.2, 0.25) is 0 Å². The van der Waals surface area contributed by atoms with Gasteiger partial charge in [0.1, 0.15) is 6.29 Å². The molecule has 0 N–H and O–H groups in total. The van der Waals surface area contributed by atoms with Crippen LogP contribution >= 0.6 is 11.6 Å². The van der Waals surface area contributed by atoms with Gasteiger partial charge in [-0.25, -0.2) is 0 Å².